The Morgan fingerprint density at radius 3 is 2.65 bits per heavy atom. The third-order valence-electron chi connectivity index (χ3n) is 5.68. The van der Waals surface area contributed by atoms with E-state index in [2.05, 4.69) is 5.32 Å². The molecule has 1 fully saturated rings. The van der Waals surface area contributed by atoms with Crippen molar-refractivity contribution >= 4 is 34.2 Å². The first-order valence-corrected chi connectivity index (χ1v) is 9.86. The van der Waals surface area contributed by atoms with E-state index < -0.39 is 23.8 Å². The predicted molar refractivity (Wildman–Crippen MR) is 96.3 cm³/mol. The number of carbonyl (C=O) groups is 3. The molecule has 0 radical (unpaired) electrons. The van der Waals surface area contributed by atoms with E-state index in [0.717, 1.165) is 29.7 Å². The molecule has 1 aromatic heterocycles. The lowest BCUT2D eigenvalue weighted by Gasteiger charge is -2.23. The molecular formula is C19H21NO5S. The highest BCUT2D eigenvalue weighted by Crippen LogP contribution is 2.49. The van der Waals surface area contributed by atoms with Gasteiger partial charge in [0.05, 0.1) is 24.0 Å². The van der Waals surface area contributed by atoms with Gasteiger partial charge in [-0.05, 0) is 50.0 Å². The van der Waals surface area contributed by atoms with Crippen molar-refractivity contribution in [3.63, 3.8) is 0 Å². The van der Waals surface area contributed by atoms with Gasteiger partial charge in [0.25, 0.3) is 0 Å². The summed E-state index contributed by atoms with van der Waals surface area (Å²) in [5.74, 6) is -3.05. The maximum Gasteiger partial charge on any atom is 0.341 e. The van der Waals surface area contributed by atoms with Crippen molar-refractivity contribution < 1.29 is 24.2 Å². The van der Waals surface area contributed by atoms with Gasteiger partial charge in [0.15, 0.2) is 0 Å². The van der Waals surface area contributed by atoms with Crippen LogP contribution in [-0.2, 0) is 27.2 Å². The minimum atomic E-state index is -0.929. The first-order valence-electron chi connectivity index (χ1n) is 9.05. The quantitative estimate of drug-likeness (QED) is 0.610. The van der Waals surface area contributed by atoms with E-state index in [1.165, 1.54) is 11.3 Å². The summed E-state index contributed by atoms with van der Waals surface area (Å²) < 4.78 is 5.18. The summed E-state index contributed by atoms with van der Waals surface area (Å²) in [4.78, 5) is 38.1. The van der Waals surface area contributed by atoms with Crippen LogP contribution >= 0.6 is 11.3 Å². The van der Waals surface area contributed by atoms with Crippen molar-refractivity contribution in [2.24, 2.45) is 23.7 Å². The number of amides is 1. The van der Waals surface area contributed by atoms with Gasteiger partial charge in [-0.25, -0.2) is 4.79 Å². The fourth-order valence-electron chi connectivity index (χ4n) is 4.62. The molecule has 0 unspecified atom stereocenters. The number of carbonyl (C=O) groups excluding carboxylic acids is 2. The van der Waals surface area contributed by atoms with Crippen LogP contribution in [0.3, 0.4) is 0 Å². The number of aliphatic carboxylic acids is 1. The highest BCUT2D eigenvalue weighted by atomic mass is 32.1. The zero-order chi connectivity index (χ0) is 18.4. The summed E-state index contributed by atoms with van der Waals surface area (Å²) in [5, 5.41) is 12.9. The minimum Gasteiger partial charge on any atom is -0.481 e. The second-order valence-electron chi connectivity index (χ2n) is 7.11. The van der Waals surface area contributed by atoms with Crippen LogP contribution in [-0.4, -0.2) is 29.6 Å². The number of anilines is 1. The molecular weight excluding hydrogens is 354 g/mol. The zero-order valence-electron chi connectivity index (χ0n) is 14.5. The van der Waals surface area contributed by atoms with Crippen molar-refractivity contribution in [2.45, 2.75) is 32.6 Å². The number of rotatable bonds is 5. The molecule has 3 aliphatic carbocycles. The van der Waals surface area contributed by atoms with Crippen LogP contribution in [0.2, 0.25) is 0 Å². The molecule has 0 spiro atoms. The number of hydrogen-bond donors (Lipinski definition) is 2. The van der Waals surface area contributed by atoms with Crippen LogP contribution in [0.25, 0.3) is 0 Å². The van der Waals surface area contributed by atoms with Crippen molar-refractivity contribution in [3.05, 3.63) is 28.2 Å². The number of allylic oxidation sites excluding steroid dienone is 2. The Bertz CT molecular complexity index is 811. The fraction of sp³-hybridized carbons (Fsp3) is 0.526. The van der Waals surface area contributed by atoms with E-state index in [0.29, 0.717) is 17.0 Å². The van der Waals surface area contributed by atoms with Gasteiger partial charge >= 0.3 is 11.9 Å². The van der Waals surface area contributed by atoms with Crippen molar-refractivity contribution in [2.75, 3.05) is 11.9 Å². The van der Waals surface area contributed by atoms with E-state index >= 15 is 0 Å². The Morgan fingerprint density at radius 1 is 1.23 bits per heavy atom. The summed E-state index contributed by atoms with van der Waals surface area (Å²) in [6.45, 7) is 2.02. The number of hydrogen-bond acceptors (Lipinski definition) is 5. The fourth-order valence-corrected chi connectivity index (χ4v) is 5.90. The third-order valence-corrected chi connectivity index (χ3v) is 6.89. The van der Waals surface area contributed by atoms with Gasteiger partial charge in [0, 0.05) is 4.88 Å². The van der Waals surface area contributed by atoms with Gasteiger partial charge in [-0.3, -0.25) is 9.59 Å². The summed E-state index contributed by atoms with van der Waals surface area (Å²) in [5.41, 5.74) is 1.44. The molecule has 0 saturated heterocycles. The molecule has 4 rings (SSSR count). The minimum absolute atomic E-state index is 0.0426. The number of nitrogens with one attached hydrogen (secondary N) is 1. The zero-order valence-corrected chi connectivity index (χ0v) is 15.3. The molecule has 3 aliphatic rings. The van der Waals surface area contributed by atoms with E-state index in [1.807, 2.05) is 12.2 Å². The molecule has 138 valence electrons. The topological polar surface area (TPSA) is 92.7 Å². The van der Waals surface area contributed by atoms with Gasteiger partial charge in [-0.2, -0.15) is 0 Å². The third kappa shape index (κ3) is 2.65. The lowest BCUT2D eigenvalue weighted by molar-refractivity contribution is -0.146. The summed E-state index contributed by atoms with van der Waals surface area (Å²) in [6, 6.07) is 0. The molecule has 7 heteroatoms. The Hall–Kier alpha value is -2.15. The maximum absolute atomic E-state index is 12.9. The number of esters is 1. The van der Waals surface area contributed by atoms with Gasteiger partial charge in [0.1, 0.15) is 5.00 Å². The van der Waals surface area contributed by atoms with Crippen LogP contribution in [0.1, 0.15) is 40.6 Å². The number of carboxylic acid groups (broad SMARTS) is 1. The van der Waals surface area contributed by atoms with Crippen LogP contribution in [0.4, 0.5) is 5.00 Å². The van der Waals surface area contributed by atoms with Crippen molar-refractivity contribution in [3.8, 4) is 0 Å². The average Bonchev–Trinajstić information content (AvgIpc) is 3.33. The highest BCUT2D eigenvalue weighted by molar-refractivity contribution is 7.17. The van der Waals surface area contributed by atoms with Gasteiger partial charge in [-0.1, -0.05) is 12.2 Å². The monoisotopic (exact) mass is 375 g/mol. The number of ether oxygens (including phenoxy) is 1. The molecule has 1 aromatic rings. The van der Waals surface area contributed by atoms with Crippen molar-refractivity contribution in [1.82, 2.24) is 0 Å². The Morgan fingerprint density at radius 2 is 1.96 bits per heavy atom. The van der Waals surface area contributed by atoms with E-state index in [9.17, 15) is 19.5 Å². The van der Waals surface area contributed by atoms with Crippen LogP contribution in [0, 0.1) is 23.7 Å². The Balaban J connectivity index is 1.61. The number of thiophene rings is 1. The second-order valence-corrected chi connectivity index (χ2v) is 8.21. The normalized spacial score (nSPS) is 28.2. The van der Waals surface area contributed by atoms with Gasteiger partial charge in [-0.15, -0.1) is 11.3 Å². The Labute approximate surface area is 155 Å². The molecule has 26 heavy (non-hydrogen) atoms. The highest BCUT2D eigenvalue weighted by Gasteiger charge is 2.51. The summed E-state index contributed by atoms with van der Waals surface area (Å²) in [7, 11) is 0. The largest absolute Gasteiger partial charge is 0.481 e. The number of fused-ring (bicyclic) bond motifs is 3. The lowest BCUT2D eigenvalue weighted by Crippen LogP contribution is -2.36. The summed E-state index contributed by atoms with van der Waals surface area (Å²) >= 11 is 1.42. The standard InChI is InChI=1S/C19H21NO5S/c1-2-25-19(24)15-11-4-3-5-12(11)26-17(15)20-16(21)13-9-6-7-10(8-9)14(13)18(22)23/h6-7,9-10,13-14H,2-5,8H2,1H3,(H,20,21)(H,22,23)/t9-,10-,13-,14+/m1/s1. The molecule has 4 atom stereocenters. The van der Waals surface area contributed by atoms with Gasteiger partial charge < -0.3 is 15.2 Å². The lowest BCUT2D eigenvalue weighted by atomic mass is 9.82. The molecule has 1 heterocycles. The molecule has 0 aromatic carbocycles. The SMILES string of the molecule is CCOC(=O)c1c(NC(=O)[C@H]2[C@@H](C(=O)O)[C@@H]3C=C[C@@H]2C3)sc2c1CCC2. The molecule has 2 N–H and O–H groups in total. The number of aryl methyl sites for hydroxylation is 1. The van der Waals surface area contributed by atoms with Crippen molar-refractivity contribution in [1.29, 1.82) is 0 Å². The number of carboxylic acids is 1. The first kappa shape index (κ1) is 17.3. The van der Waals surface area contributed by atoms with Crippen LogP contribution < -0.4 is 5.32 Å². The Kier molecular flexibility index (Phi) is 4.34. The molecule has 1 amide bonds. The smallest absolute Gasteiger partial charge is 0.341 e. The second kappa shape index (κ2) is 6.54. The van der Waals surface area contributed by atoms with Crippen LogP contribution in [0.5, 0.6) is 0 Å². The van der Waals surface area contributed by atoms with E-state index in [1.54, 1.807) is 6.92 Å². The first-order chi connectivity index (χ1) is 12.5. The summed E-state index contributed by atoms with van der Waals surface area (Å²) in [6.07, 6.45) is 7.29. The van der Waals surface area contributed by atoms with Gasteiger partial charge in [0.2, 0.25) is 5.91 Å². The maximum atomic E-state index is 12.9. The molecule has 0 aliphatic heterocycles. The van der Waals surface area contributed by atoms with Crippen LogP contribution in [0.15, 0.2) is 12.2 Å². The molecule has 2 bridgehead atoms. The molecule has 1 saturated carbocycles. The molecule has 6 nitrogen and oxygen atoms in total. The van der Waals surface area contributed by atoms with E-state index in [4.69, 9.17) is 4.74 Å². The predicted octanol–water partition coefficient (Wildman–Crippen LogP) is 2.87. The average molecular weight is 375 g/mol. The van der Waals surface area contributed by atoms with E-state index in [-0.39, 0.29) is 24.3 Å².